The molecule has 0 radical (unpaired) electrons. The molecule has 8 rings (SSSR count). The van der Waals surface area contributed by atoms with E-state index in [1.165, 1.54) is 0 Å². The Bertz CT molecular complexity index is 2770. The van der Waals surface area contributed by atoms with Crippen molar-refractivity contribution in [2.24, 2.45) is 11.5 Å². The lowest BCUT2D eigenvalue weighted by molar-refractivity contribution is -0.128. The SMILES string of the molecule is NCCCC[C@@H](C(=O)NCCOCCOCCNC(=O)[C@H](CCCCN)N(Cc1ccc(OCc2ccccc2)cc1)Cc1ccc(OCc2ccccc2)cc1)N(Cc1ccc(OCc2ccccc2)cc1)Cc1ccc(OCc2ccccc2)cc1. The molecule has 14 nitrogen and oxygen atoms in total. The topological polar surface area (TPSA) is 172 Å². The Morgan fingerprint density at radius 1 is 0.330 bits per heavy atom. The number of nitrogens with zero attached hydrogens (tertiary/aromatic N) is 2. The smallest absolute Gasteiger partial charge is 0.237 e. The van der Waals surface area contributed by atoms with Crippen molar-refractivity contribution in [1.82, 2.24) is 20.4 Å². The molecule has 0 saturated heterocycles. The molecule has 6 N–H and O–H groups in total. The van der Waals surface area contributed by atoms with Crippen LogP contribution in [0.5, 0.6) is 23.0 Å². The number of carbonyl (C=O) groups excluding carboxylic acids is 2. The molecular formula is C74H88N6O8. The summed E-state index contributed by atoms with van der Waals surface area (Å²) in [7, 11) is 0. The van der Waals surface area contributed by atoms with Gasteiger partial charge in [-0.05, 0) is 132 Å². The second-order valence-corrected chi connectivity index (χ2v) is 21.9. The molecule has 8 aromatic carbocycles. The first-order chi connectivity index (χ1) is 43.4. The molecular weight excluding hydrogens is 1100 g/mol. The van der Waals surface area contributed by atoms with Crippen LogP contribution in [0.1, 0.15) is 83.0 Å². The van der Waals surface area contributed by atoms with Crippen LogP contribution in [0.15, 0.2) is 218 Å². The number of hydrogen-bond donors (Lipinski definition) is 4. The summed E-state index contributed by atoms with van der Waals surface area (Å²) < 4.78 is 36.4. The molecule has 8 aromatic rings. The molecule has 0 heterocycles. The molecule has 0 aromatic heterocycles. The van der Waals surface area contributed by atoms with E-state index in [9.17, 15) is 9.59 Å². The van der Waals surface area contributed by atoms with Crippen LogP contribution in [-0.4, -0.2) is 86.3 Å². The van der Waals surface area contributed by atoms with Crippen LogP contribution >= 0.6 is 0 Å². The first-order valence-electron chi connectivity index (χ1n) is 31.0. The van der Waals surface area contributed by atoms with Gasteiger partial charge < -0.3 is 50.5 Å². The minimum atomic E-state index is -0.436. The lowest BCUT2D eigenvalue weighted by atomic mass is 10.0. The van der Waals surface area contributed by atoms with Gasteiger partial charge in [0.05, 0.1) is 38.5 Å². The van der Waals surface area contributed by atoms with E-state index in [2.05, 4.69) is 69.0 Å². The van der Waals surface area contributed by atoms with Crippen molar-refractivity contribution in [3.63, 3.8) is 0 Å². The largest absolute Gasteiger partial charge is 0.489 e. The highest BCUT2D eigenvalue weighted by Gasteiger charge is 2.28. The van der Waals surface area contributed by atoms with Crippen molar-refractivity contribution in [3.8, 4) is 23.0 Å². The molecule has 0 aliphatic heterocycles. The minimum absolute atomic E-state index is 0.0674. The summed E-state index contributed by atoms with van der Waals surface area (Å²) in [6.45, 7) is 7.08. The lowest BCUT2D eigenvalue weighted by Gasteiger charge is -2.31. The van der Waals surface area contributed by atoms with Crippen molar-refractivity contribution >= 4 is 11.8 Å². The molecule has 0 unspecified atom stereocenters. The number of hydrogen-bond acceptors (Lipinski definition) is 12. The number of unbranched alkanes of at least 4 members (excludes halogenated alkanes) is 2. The Hall–Kier alpha value is -8.34. The average molecular weight is 1190 g/mol. The van der Waals surface area contributed by atoms with Crippen LogP contribution in [0.3, 0.4) is 0 Å². The molecule has 0 saturated carbocycles. The Balaban J connectivity index is 0.828. The highest BCUT2D eigenvalue weighted by molar-refractivity contribution is 5.82. The van der Waals surface area contributed by atoms with Crippen molar-refractivity contribution in [3.05, 3.63) is 263 Å². The van der Waals surface area contributed by atoms with Gasteiger partial charge in [-0.15, -0.1) is 0 Å². The second kappa shape index (κ2) is 38.0. The van der Waals surface area contributed by atoms with E-state index < -0.39 is 12.1 Å². The average Bonchev–Trinajstić information content (AvgIpc) is 3.77. The van der Waals surface area contributed by atoms with Crippen LogP contribution in [0.4, 0.5) is 0 Å². The van der Waals surface area contributed by atoms with Crippen LogP contribution in [-0.2, 0) is 71.7 Å². The van der Waals surface area contributed by atoms with E-state index in [0.717, 1.165) is 93.2 Å². The fourth-order valence-corrected chi connectivity index (χ4v) is 10.2. The molecule has 88 heavy (non-hydrogen) atoms. The number of nitrogens with one attached hydrogen (secondary N) is 2. The molecule has 2 atom stereocenters. The number of nitrogens with two attached hydrogens (primary N) is 2. The van der Waals surface area contributed by atoms with Gasteiger partial charge in [-0.3, -0.25) is 19.4 Å². The molecule has 2 amide bonds. The summed E-state index contributed by atoms with van der Waals surface area (Å²) in [4.78, 5) is 33.1. The maximum Gasteiger partial charge on any atom is 0.237 e. The number of rotatable bonds is 41. The summed E-state index contributed by atoms with van der Waals surface area (Å²) in [5.74, 6) is 2.98. The number of benzene rings is 8. The van der Waals surface area contributed by atoms with Crippen LogP contribution < -0.4 is 41.0 Å². The molecule has 0 aliphatic carbocycles. The number of carbonyl (C=O) groups is 2. The zero-order valence-electron chi connectivity index (χ0n) is 50.8. The fourth-order valence-electron chi connectivity index (χ4n) is 10.2. The van der Waals surface area contributed by atoms with E-state index in [1.54, 1.807) is 0 Å². The predicted octanol–water partition coefficient (Wildman–Crippen LogP) is 12.0. The third-order valence-electron chi connectivity index (χ3n) is 15.0. The van der Waals surface area contributed by atoms with Crippen LogP contribution in [0, 0.1) is 0 Å². The first-order valence-corrected chi connectivity index (χ1v) is 31.0. The maximum absolute atomic E-state index is 14.3. The summed E-state index contributed by atoms with van der Waals surface area (Å²) >= 11 is 0. The van der Waals surface area contributed by atoms with Gasteiger partial charge in [-0.1, -0.05) is 183 Å². The Morgan fingerprint density at radius 2 is 0.591 bits per heavy atom. The van der Waals surface area contributed by atoms with Gasteiger partial charge in [-0.25, -0.2) is 0 Å². The highest BCUT2D eigenvalue weighted by atomic mass is 16.5. The Kier molecular flexibility index (Phi) is 28.4. The van der Waals surface area contributed by atoms with Crippen molar-refractivity contribution in [2.75, 3.05) is 52.6 Å². The summed E-state index contributed by atoms with van der Waals surface area (Å²) in [5.41, 5.74) is 20.6. The highest BCUT2D eigenvalue weighted by Crippen LogP contribution is 2.25. The monoisotopic (exact) mass is 1190 g/mol. The molecule has 0 bridgehead atoms. The van der Waals surface area contributed by atoms with Crippen LogP contribution in [0.25, 0.3) is 0 Å². The van der Waals surface area contributed by atoms with Gasteiger partial charge in [0.15, 0.2) is 0 Å². The fraction of sp³-hybridized carbons (Fsp3) is 0.324. The zero-order valence-corrected chi connectivity index (χ0v) is 50.8. The minimum Gasteiger partial charge on any atom is -0.489 e. The number of ether oxygens (including phenoxy) is 6. The third kappa shape index (κ3) is 23.7. The van der Waals surface area contributed by atoms with E-state index in [1.807, 2.05) is 170 Å². The quantitative estimate of drug-likeness (QED) is 0.0268. The van der Waals surface area contributed by atoms with Crippen LogP contribution in [0.2, 0.25) is 0 Å². The van der Waals surface area contributed by atoms with Gasteiger partial charge in [0, 0.05) is 39.3 Å². The summed E-state index contributed by atoms with van der Waals surface area (Å²) in [5, 5.41) is 6.35. The number of amides is 2. The van der Waals surface area contributed by atoms with E-state index >= 15 is 0 Å². The second-order valence-electron chi connectivity index (χ2n) is 21.9. The van der Waals surface area contributed by atoms with Gasteiger partial charge in [0.2, 0.25) is 11.8 Å². The summed E-state index contributed by atoms with van der Waals surface area (Å²) in [6.07, 6.45) is 4.48. The summed E-state index contributed by atoms with van der Waals surface area (Å²) in [6, 6.07) is 72.0. The molecule has 0 spiro atoms. The first kappa shape index (κ1) is 65.6. The van der Waals surface area contributed by atoms with Crippen molar-refractivity contribution in [2.45, 2.75) is 103 Å². The van der Waals surface area contributed by atoms with Gasteiger partial charge in [0.1, 0.15) is 49.4 Å². The van der Waals surface area contributed by atoms with Crippen molar-refractivity contribution < 1.29 is 38.0 Å². The molecule has 0 aliphatic rings. The normalized spacial score (nSPS) is 11.9. The maximum atomic E-state index is 14.3. The molecule has 0 fully saturated rings. The van der Waals surface area contributed by atoms with E-state index in [4.69, 9.17) is 39.9 Å². The van der Waals surface area contributed by atoms with E-state index in [0.29, 0.717) is 118 Å². The van der Waals surface area contributed by atoms with Gasteiger partial charge >= 0.3 is 0 Å². The predicted molar refractivity (Wildman–Crippen MR) is 348 cm³/mol. The Morgan fingerprint density at radius 3 is 0.841 bits per heavy atom. The van der Waals surface area contributed by atoms with Crippen molar-refractivity contribution in [1.29, 1.82) is 0 Å². The zero-order chi connectivity index (χ0) is 61.1. The van der Waals surface area contributed by atoms with E-state index in [-0.39, 0.29) is 11.8 Å². The molecule has 462 valence electrons. The third-order valence-corrected chi connectivity index (χ3v) is 15.0. The molecule has 14 heteroatoms. The van der Waals surface area contributed by atoms with Gasteiger partial charge in [0.25, 0.3) is 0 Å². The standard InChI is InChI=1S/C74H88N6O8/c75-43-15-13-25-71(79(51-59-27-35-67(36-28-59)85-55-63-17-5-1-6-18-63)52-60-29-37-68(38-30-60)86-56-64-19-7-2-8-20-64)73(81)77-45-47-83-49-50-84-48-46-78-74(82)72(26-14-16-44-76)80(53-61-31-39-69(40-32-61)87-57-65-21-9-3-10-22-65)54-62-33-41-70(42-34-62)88-58-66-23-11-4-12-24-66/h1-12,17-24,27-42,71-72H,13-16,25-26,43-58,75-76H2,(H,77,81)(H,78,82)/t71-,72-/m0/s1. The Labute approximate surface area is 521 Å². The lowest BCUT2D eigenvalue weighted by Crippen LogP contribution is -2.47. The van der Waals surface area contributed by atoms with Gasteiger partial charge in [-0.2, -0.15) is 0 Å².